The third-order valence-electron chi connectivity index (χ3n) is 10.9. The van der Waals surface area contributed by atoms with Gasteiger partial charge in [0.05, 0.1) is 10.8 Å². The molecule has 13 heteroatoms. The highest BCUT2D eigenvalue weighted by Crippen LogP contribution is 2.22. The van der Waals surface area contributed by atoms with E-state index in [0.717, 1.165) is 128 Å². The summed E-state index contributed by atoms with van der Waals surface area (Å²) in [5.74, 6) is -2.07. The molecule has 63 heavy (non-hydrogen) atoms. The van der Waals surface area contributed by atoms with E-state index < -0.39 is 22.8 Å². The van der Waals surface area contributed by atoms with E-state index in [1.165, 1.54) is 0 Å². The van der Waals surface area contributed by atoms with Gasteiger partial charge in [-0.05, 0) is 65.5 Å². The van der Waals surface area contributed by atoms with Crippen LogP contribution in [0.2, 0.25) is 0 Å². The molecule has 0 heterocycles. The van der Waals surface area contributed by atoms with E-state index in [9.17, 15) is 28.8 Å². The minimum Gasteiger partial charge on any atom is -0.465 e. The van der Waals surface area contributed by atoms with Crippen LogP contribution in [0.25, 0.3) is 0 Å². The summed E-state index contributed by atoms with van der Waals surface area (Å²) in [4.78, 5) is 75.3. The van der Waals surface area contributed by atoms with E-state index in [-0.39, 0.29) is 76.4 Å². The SMILES string of the molecule is CCCCCCCC(=O)OCC(C)(COC(=O)CCCCCCC)COC(=O)CCCNCCCC(=O)OCC(C)(COC(=O)CCCCCCC)COC(=O)CCCCCCC. The fourth-order valence-corrected chi connectivity index (χ4v) is 6.54. The van der Waals surface area contributed by atoms with Crippen molar-refractivity contribution in [2.75, 3.05) is 52.7 Å². The summed E-state index contributed by atoms with van der Waals surface area (Å²) in [6.07, 6.45) is 22.9. The van der Waals surface area contributed by atoms with Crippen molar-refractivity contribution >= 4 is 35.8 Å². The lowest BCUT2D eigenvalue weighted by Crippen LogP contribution is -2.37. The van der Waals surface area contributed by atoms with Crippen molar-refractivity contribution in [2.45, 2.75) is 221 Å². The lowest BCUT2D eigenvalue weighted by Gasteiger charge is -2.28. The summed E-state index contributed by atoms with van der Waals surface area (Å²) < 4.78 is 33.5. The Kier molecular flexibility index (Phi) is 38.2. The molecule has 0 bridgehead atoms. The first-order valence-electron chi connectivity index (χ1n) is 25.0. The van der Waals surface area contributed by atoms with Crippen molar-refractivity contribution in [1.29, 1.82) is 0 Å². The highest BCUT2D eigenvalue weighted by Gasteiger charge is 2.32. The van der Waals surface area contributed by atoms with Crippen molar-refractivity contribution < 1.29 is 57.2 Å². The summed E-state index contributed by atoms with van der Waals surface area (Å²) in [7, 11) is 0. The van der Waals surface area contributed by atoms with Crippen LogP contribution in [0.4, 0.5) is 0 Å². The van der Waals surface area contributed by atoms with Crippen molar-refractivity contribution in [3.63, 3.8) is 0 Å². The molecule has 0 amide bonds. The Morgan fingerprint density at radius 2 is 0.492 bits per heavy atom. The van der Waals surface area contributed by atoms with Gasteiger partial charge in [0.15, 0.2) is 0 Å². The van der Waals surface area contributed by atoms with Gasteiger partial charge in [0.1, 0.15) is 39.6 Å². The van der Waals surface area contributed by atoms with Gasteiger partial charge in [-0.25, -0.2) is 0 Å². The first-order chi connectivity index (χ1) is 30.3. The normalized spacial score (nSPS) is 11.5. The Balaban J connectivity index is 4.80. The smallest absolute Gasteiger partial charge is 0.305 e. The number of carbonyl (C=O) groups is 6. The Hall–Kier alpha value is -3.22. The van der Waals surface area contributed by atoms with Gasteiger partial charge in [0, 0.05) is 38.5 Å². The zero-order valence-corrected chi connectivity index (χ0v) is 40.9. The average Bonchev–Trinajstić information content (AvgIpc) is 3.27. The van der Waals surface area contributed by atoms with Crippen molar-refractivity contribution in [2.24, 2.45) is 10.8 Å². The highest BCUT2D eigenvalue weighted by atomic mass is 16.6. The topological polar surface area (TPSA) is 170 Å². The number of ether oxygens (including phenoxy) is 6. The van der Waals surface area contributed by atoms with E-state index in [2.05, 4.69) is 33.0 Å². The molecule has 0 aromatic rings. The van der Waals surface area contributed by atoms with Gasteiger partial charge in [-0.15, -0.1) is 0 Å². The maximum Gasteiger partial charge on any atom is 0.305 e. The Labute approximate surface area is 382 Å². The van der Waals surface area contributed by atoms with Crippen LogP contribution in [0.15, 0.2) is 0 Å². The number of hydrogen-bond acceptors (Lipinski definition) is 13. The van der Waals surface area contributed by atoms with Crippen LogP contribution in [0, 0.1) is 10.8 Å². The summed E-state index contributed by atoms with van der Waals surface area (Å²) >= 11 is 0. The van der Waals surface area contributed by atoms with Gasteiger partial charge in [-0.1, -0.05) is 130 Å². The van der Waals surface area contributed by atoms with Crippen LogP contribution in [0.1, 0.15) is 221 Å². The van der Waals surface area contributed by atoms with E-state index in [0.29, 0.717) is 51.6 Å². The van der Waals surface area contributed by atoms with E-state index in [1.807, 2.05) is 0 Å². The highest BCUT2D eigenvalue weighted by molar-refractivity contribution is 5.71. The third-order valence-corrected chi connectivity index (χ3v) is 10.9. The molecule has 0 aromatic heterocycles. The van der Waals surface area contributed by atoms with Gasteiger partial charge in [0.25, 0.3) is 0 Å². The first-order valence-corrected chi connectivity index (χ1v) is 25.0. The maximum absolute atomic E-state index is 12.7. The minimum absolute atomic E-state index is 0.0273. The average molecular weight is 898 g/mol. The molecule has 368 valence electrons. The second kappa shape index (κ2) is 40.3. The van der Waals surface area contributed by atoms with E-state index in [4.69, 9.17) is 28.4 Å². The van der Waals surface area contributed by atoms with Crippen molar-refractivity contribution in [3.8, 4) is 0 Å². The van der Waals surface area contributed by atoms with Crippen LogP contribution in [-0.4, -0.2) is 88.5 Å². The molecule has 0 rings (SSSR count). The molecule has 0 aliphatic rings. The minimum atomic E-state index is -0.883. The molecule has 0 fully saturated rings. The van der Waals surface area contributed by atoms with Crippen LogP contribution >= 0.6 is 0 Å². The molecule has 0 unspecified atom stereocenters. The summed E-state index contributed by atoms with van der Waals surface area (Å²) in [5, 5.41) is 3.24. The largest absolute Gasteiger partial charge is 0.465 e. The molecule has 1 N–H and O–H groups in total. The number of nitrogens with one attached hydrogen (secondary N) is 1. The monoisotopic (exact) mass is 898 g/mol. The number of carbonyl (C=O) groups excluding carboxylic acids is 6. The number of esters is 6. The fourth-order valence-electron chi connectivity index (χ4n) is 6.54. The summed E-state index contributed by atoms with van der Waals surface area (Å²) in [5.41, 5.74) is -1.77. The molecular formula is C50H91NO12. The van der Waals surface area contributed by atoms with Gasteiger partial charge in [-0.3, -0.25) is 28.8 Å². The standard InChI is InChI=1S/C50H91NO12/c1-7-11-15-19-23-29-43(52)58-37-49(5,38-59-44(53)30-24-20-16-12-8-2)41-62-47(56)33-27-35-51-36-28-34-48(57)63-42-50(6,39-60-45(54)31-25-21-17-13-9-3)40-61-46(55)32-26-22-18-14-10-4/h51H,7-42H2,1-6H3. The lowest BCUT2D eigenvalue weighted by molar-refractivity contribution is -0.163. The maximum atomic E-state index is 12.7. The first kappa shape index (κ1) is 59.8. The molecule has 0 aromatic carbocycles. The van der Waals surface area contributed by atoms with Crippen molar-refractivity contribution in [1.82, 2.24) is 5.32 Å². The van der Waals surface area contributed by atoms with Gasteiger partial charge in [0.2, 0.25) is 0 Å². The zero-order valence-electron chi connectivity index (χ0n) is 40.9. The molecule has 0 radical (unpaired) electrons. The fraction of sp³-hybridized carbons (Fsp3) is 0.880. The van der Waals surface area contributed by atoms with Gasteiger partial charge in [-0.2, -0.15) is 0 Å². The molecular weight excluding hydrogens is 807 g/mol. The Morgan fingerprint density at radius 1 is 0.302 bits per heavy atom. The molecule has 0 atom stereocenters. The quantitative estimate of drug-likeness (QED) is 0.0348. The van der Waals surface area contributed by atoms with E-state index in [1.54, 1.807) is 13.8 Å². The van der Waals surface area contributed by atoms with Crippen LogP contribution in [0.3, 0.4) is 0 Å². The third kappa shape index (κ3) is 37.8. The van der Waals surface area contributed by atoms with Crippen molar-refractivity contribution in [3.05, 3.63) is 0 Å². The zero-order chi connectivity index (χ0) is 46.9. The van der Waals surface area contributed by atoms with Crippen LogP contribution in [-0.2, 0) is 57.2 Å². The molecule has 0 spiro atoms. The summed E-state index contributed by atoms with van der Waals surface area (Å²) in [6, 6.07) is 0. The predicted octanol–water partition coefficient (Wildman–Crippen LogP) is 10.9. The molecule has 0 aliphatic heterocycles. The molecule has 0 saturated heterocycles. The number of unbranched alkanes of at least 4 members (excludes halogenated alkanes) is 16. The lowest BCUT2D eigenvalue weighted by atomic mass is 9.94. The Morgan fingerprint density at radius 3 is 0.698 bits per heavy atom. The summed E-state index contributed by atoms with van der Waals surface area (Å²) in [6.45, 7) is 13.0. The second-order valence-corrected chi connectivity index (χ2v) is 18.2. The predicted molar refractivity (Wildman–Crippen MR) is 247 cm³/mol. The molecule has 0 saturated carbocycles. The van der Waals surface area contributed by atoms with Crippen LogP contribution < -0.4 is 5.32 Å². The molecule has 0 aliphatic carbocycles. The van der Waals surface area contributed by atoms with Crippen LogP contribution in [0.5, 0.6) is 0 Å². The Bertz CT molecular complexity index is 1060. The van der Waals surface area contributed by atoms with Gasteiger partial charge < -0.3 is 33.7 Å². The number of hydrogen-bond donors (Lipinski definition) is 1. The van der Waals surface area contributed by atoms with E-state index >= 15 is 0 Å². The van der Waals surface area contributed by atoms with Gasteiger partial charge >= 0.3 is 35.8 Å². The number of rotatable bonds is 44. The molecule has 13 nitrogen and oxygen atoms in total. The second-order valence-electron chi connectivity index (χ2n) is 18.2.